The quantitative estimate of drug-likeness (QED) is 0.804. The van der Waals surface area contributed by atoms with Crippen molar-refractivity contribution in [2.75, 3.05) is 37.7 Å². The SMILES string of the molecule is Cc1cc2cc(C#N)c(N3CCCN(C(=O)[C@@H]4CCCO4)CC3)nc2cc1C. The summed E-state index contributed by atoms with van der Waals surface area (Å²) < 4.78 is 5.57. The predicted octanol–water partition coefficient (Wildman–Crippen LogP) is 2.94. The molecule has 1 aromatic heterocycles. The summed E-state index contributed by atoms with van der Waals surface area (Å²) in [6.07, 6.45) is 2.37. The minimum Gasteiger partial charge on any atom is -0.368 e. The lowest BCUT2D eigenvalue weighted by atomic mass is 10.0. The van der Waals surface area contributed by atoms with E-state index in [9.17, 15) is 10.1 Å². The first-order valence-corrected chi connectivity index (χ1v) is 10.0. The van der Waals surface area contributed by atoms with Crippen LogP contribution in [0.15, 0.2) is 18.2 Å². The molecule has 6 nitrogen and oxygen atoms in total. The number of aromatic nitrogens is 1. The number of carbonyl (C=O) groups is 1. The highest BCUT2D eigenvalue weighted by Crippen LogP contribution is 2.26. The molecule has 0 saturated carbocycles. The number of benzene rings is 1. The maximum atomic E-state index is 12.7. The molecule has 1 atom stereocenters. The second-order valence-electron chi connectivity index (χ2n) is 7.77. The smallest absolute Gasteiger partial charge is 0.251 e. The summed E-state index contributed by atoms with van der Waals surface area (Å²) in [7, 11) is 0. The van der Waals surface area contributed by atoms with Crippen LogP contribution in [-0.2, 0) is 9.53 Å². The summed E-state index contributed by atoms with van der Waals surface area (Å²) in [5, 5.41) is 10.7. The van der Waals surface area contributed by atoms with Crippen molar-refractivity contribution < 1.29 is 9.53 Å². The molecule has 0 N–H and O–H groups in total. The molecule has 146 valence electrons. The molecule has 28 heavy (non-hydrogen) atoms. The van der Waals surface area contributed by atoms with Gasteiger partial charge in [0.1, 0.15) is 18.0 Å². The topological polar surface area (TPSA) is 69.5 Å². The number of fused-ring (bicyclic) bond motifs is 1. The molecule has 3 heterocycles. The number of rotatable bonds is 2. The summed E-state index contributed by atoms with van der Waals surface area (Å²) in [6.45, 7) is 7.66. The molecule has 2 saturated heterocycles. The maximum Gasteiger partial charge on any atom is 0.251 e. The van der Waals surface area contributed by atoms with E-state index in [1.54, 1.807) is 0 Å². The number of hydrogen-bond acceptors (Lipinski definition) is 5. The average Bonchev–Trinajstić information content (AvgIpc) is 3.12. The molecule has 6 heteroatoms. The lowest BCUT2D eigenvalue weighted by Gasteiger charge is -2.25. The fraction of sp³-hybridized carbons (Fsp3) is 0.500. The second kappa shape index (κ2) is 7.76. The highest BCUT2D eigenvalue weighted by atomic mass is 16.5. The Morgan fingerprint density at radius 3 is 2.71 bits per heavy atom. The number of ether oxygens (including phenoxy) is 1. The highest BCUT2D eigenvalue weighted by Gasteiger charge is 2.30. The number of carbonyl (C=O) groups excluding carboxylic acids is 1. The van der Waals surface area contributed by atoms with Gasteiger partial charge in [0.2, 0.25) is 0 Å². The van der Waals surface area contributed by atoms with E-state index in [2.05, 4.69) is 36.9 Å². The lowest BCUT2D eigenvalue weighted by Crippen LogP contribution is -2.41. The van der Waals surface area contributed by atoms with Gasteiger partial charge in [-0.3, -0.25) is 4.79 Å². The Hall–Kier alpha value is -2.65. The van der Waals surface area contributed by atoms with Gasteiger partial charge >= 0.3 is 0 Å². The van der Waals surface area contributed by atoms with Crippen molar-refractivity contribution in [2.45, 2.75) is 39.2 Å². The minimum absolute atomic E-state index is 0.109. The molecule has 1 amide bonds. The number of anilines is 1. The second-order valence-corrected chi connectivity index (χ2v) is 7.77. The molecular weight excluding hydrogens is 352 g/mol. The van der Waals surface area contributed by atoms with Crippen molar-refractivity contribution in [3.8, 4) is 6.07 Å². The first kappa shape index (κ1) is 18.7. The van der Waals surface area contributed by atoms with Crippen LogP contribution in [0.4, 0.5) is 5.82 Å². The molecule has 2 aromatic rings. The van der Waals surface area contributed by atoms with E-state index >= 15 is 0 Å². The van der Waals surface area contributed by atoms with Crippen LogP contribution in [0.5, 0.6) is 0 Å². The maximum absolute atomic E-state index is 12.7. The van der Waals surface area contributed by atoms with Gasteiger partial charge in [0.05, 0.1) is 11.1 Å². The van der Waals surface area contributed by atoms with Gasteiger partial charge in [0.25, 0.3) is 5.91 Å². The Bertz CT molecular complexity index is 944. The summed E-state index contributed by atoms with van der Waals surface area (Å²) in [6, 6.07) is 8.42. The van der Waals surface area contributed by atoms with Gasteiger partial charge in [0.15, 0.2) is 0 Å². The first-order chi connectivity index (χ1) is 13.6. The van der Waals surface area contributed by atoms with Gasteiger partial charge < -0.3 is 14.5 Å². The van der Waals surface area contributed by atoms with Crippen LogP contribution in [-0.4, -0.2) is 54.7 Å². The standard InChI is InChI=1S/C22H26N4O2/c1-15-11-17-13-18(14-23)21(24-19(17)12-16(15)2)25-6-4-7-26(9-8-25)22(27)20-5-3-10-28-20/h11-13,20H,3-10H2,1-2H3/t20-/m0/s1. The van der Waals surface area contributed by atoms with Crippen LogP contribution in [0.2, 0.25) is 0 Å². The van der Waals surface area contributed by atoms with Crippen molar-refractivity contribution in [1.29, 1.82) is 5.26 Å². The number of aryl methyl sites for hydroxylation is 2. The molecule has 0 aliphatic carbocycles. The highest BCUT2D eigenvalue weighted by molar-refractivity contribution is 5.85. The minimum atomic E-state index is -0.272. The zero-order valence-corrected chi connectivity index (χ0v) is 16.6. The van der Waals surface area contributed by atoms with Crippen molar-refractivity contribution >= 4 is 22.6 Å². The van der Waals surface area contributed by atoms with E-state index in [4.69, 9.17) is 9.72 Å². The zero-order valence-electron chi connectivity index (χ0n) is 16.6. The third kappa shape index (κ3) is 3.55. The molecule has 4 rings (SSSR count). The summed E-state index contributed by atoms with van der Waals surface area (Å²) in [5.74, 6) is 0.835. The molecule has 1 aromatic carbocycles. The largest absolute Gasteiger partial charge is 0.368 e. The molecule has 0 bridgehead atoms. The Balaban J connectivity index is 1.58. The molecular formula is C22H26N4O2. The van der Waals surface area contributed by atoms with Gasteiger partial charge in [-0.25, -0.2) is 4.98 Å². The van der Waals surface area contributed by atoms with E-state index in [0.29, 0.717) is 25.3 Å². The van der Waals surface area contributed by atoms with Crippen LogP contribution in [0.1, 0.15) is 36.0 Å². The van der Waals surface area contributed by atoms with Gasteiger partial charge in [-0.2, -0.15) is 5.26 Å². The fourth-order valence-corrected chi connectivity index (χ4v) is 4.08. The Kier molecular flexibility index (Phi) is 5.19. The van der Waals surface area contributed by atoms with Gasteiger partial charge in [-0.1, -0.05) is 0 Å². The Morgan fingerprint density at radius 1 is 1.14 bits per heavy atom. The molecule has 0 spiro atoms. The fourth-order valence-electron chi connectivity index (χ4n) is 4.08. The van der Waals surface area contributed by atoms with E-state index in [1.807, 2.05) is 11.0 Å². The molecule has 0 radical (unpaired) electrons. The van der Waals surface area contributed by atoms with Crippen molar-refractivity contribution in [3.63, 3.8) is 0 Å². The van der Waals surface area contributed by atoms with Gasteiger partial charge in [-0.15, -0.1) is 0 Å². The van der Waals surface area contributed by atoms with Crippen LogP contribution in [0.3, 0.4) is 0 Å². The van der Waals surface area contributed by atoms with Crippen LogP contribution < -0.4 is 4.90 Å². The molecule has 2 aliphatic rings. The number of nitriles is 1. The number of nitrogens with zero attached hydrogens (tertiary/aromatic N) is 4. The summed E-state index contributed by atoms with van der Waals surface area (Å²) in [4.78, 5) is 21.6. The normalized spacial score (nSPS) is 20.2. The number of amides is 1. The van der Waals surface area contributed by atoms with Crippen molar-refractivity contribution in [1.82, 2.24) is 9.88 Å². The molecule has 2 fully saturated rings. The van der Waals surface area contributed by atoms with Crippen LogP contribution in [0, 0.1) is 25.2 Å². The third-order valence-electron chi connectivity index (χ3n) is 5.84. The summed E-state index contributed by atoms with van der Waals surface area (Å²) >= 11 is 0. The average molecular weight is 378 g/mol. The van der Waals surface area contributed by atoms with E-state index in [-0.39, 0.29) is 12.0 Å². The predicted molar refractivity (Wildman–Crippen MR) is 108 cm³/mol. The Morgan fingerprint density at radius 2 is 1.96 bits per heavy atom. The van der Waals surface area contributed by atoms with Crippen molar-refractivity contribution in [3.05, 3.63) is 34.9 Å². The number of hydrogen-bond donors (Lipinski definition) is 0. The molecule has 2 aliphatic heterocycles. The van der Waals surface area contributed by atoms with E-state index < -0.39 is 0 Å². The lowest BCUT2D eigenvalue weighted by molar-refractivity contribution is -0.140. The van der Waals surface area contributed by atoms with E-state index in [1.165, 1.54) is 11.1 Å². The van der Waals surface area contributed by atoms with Crippen molar-refractivity contribution in [2.24, 2.45) is 0 Å². The van der Waals surface area contributed by atoms with Gasteiger partial charge in [-0.05, 0) is 62.4 Å². The molecule has 0 unspecified atom stereocenters. The monoisotopic (exact) mass is 378 g/mol. The Labute approximate surface area is 165 Å². The third-order valence-corrected chi connectivity index (χ3v) is 5.84. The summed E-state index contributed by atoms with van der Waals surface area (Å²) in [5.41, 5.74) is 3.90. The zero-order chi connectivity index (χ0) is 19.7. The van der Waals surface area contributed by atoms with Crippen LogP contribution >= 0.6 is 0 Å². The van der Waals surface area contributed by atoms with Crippen LogP contribution in [0.25, 0.3) is 10.9 Å². The van der Waals surface area contributed by atoms with Gasteiger partial charge in [0, 0.05) is 38.2 Å². The number of pyridine rings is 1. The first-order valence-electron chi connectivity index (χ1n) is 10.0. The van der Waals surface area contributed by atoms with E-state index in [0.717, 1.165) is 49.1 Å².